The minimum Gasteiger partial charge on any atom is -0.454 e. The lowest BCUT2D eigenvalue weighted by Crippen LogP contribution is -2.24. The number of carbonyl (C=O) groups is 3. The van der Waals surface area contributed by atoms with Gasteiger partial charge in [0, 0.05) is 17.5 Å². The molecule has 1 unspecified atom stereocenters. The Kier molecular flexibility index (Phi) is 6.23. The van der Waals surface area contributed by atoms with Gasteiger partial charge in [-0.25, -0.2) is 0 Å². The molecule has 4 nitrogen and oxygen atoms in total. The zero-order chi connectivity index (χ0) is 18.4. The molecular weight excluding hydrogens is 316 g/mol. The van der Waals surface area contributed by atoms with Crippen molar-refractivity contribution >= 4 is 17.5 Å². The molecule has 0 radical (unpaired) electrons. The number of Topliss-reactive ketones (excluding diaryl/α,β-unsaturated/α-hetero) is 2. The molecule has 0 aliphatic rings. The third-order valence-corrected chi connectivity index (χ3v) is 4.12. The number of rotatable bonds is 7. The van der Waals surface area contributed by atoms with Crippen molar-refractivity contribution in [1.29, 1.82) is 0 Å². The van der Waals surface area contributed by atoms with Gasteiger partial charge in [-0.3, -0.25) is 14.4 Å². The minimum absolute atomic E-state index is 0.0435. The van der Waals surface area contributed by atoms with Gasteiger partial charge in [0.25, 0.3) is 0 Å². The largest absolute Gasteiger partial charge is 0.454 e. The standard InChI is InChI=1S/C21H22O4/c1-14-9-10-18(13-15(14)2)19(22)11-12-20(23)25-16(3)21(24)17-7-5-4-6-8-17/h4-10,13,16H,11-12H2,1-3H3. The van der Waals surface area contributed by atoms with Crippen LogP contribution < -0.4 is 0 Å². The fourth-order valence-electron chi connectivity index (χ4n) is 2.42. The van der Waals surface area contributed by atoms with Crippen molar-refractivity contribution in [2.24, 2.45) is 0 Å². The first kappa shape index (κ1) is 18.6. The number of ether oxygens (including phenoxy) is 1. The van der Waals surface area contributed by atoms with E-state index < -0.39 is 12.1 Å². The highest BCUT2D eigenvalue weighted by Gasteiger charge is 2.20. The average Bonchev–Trinajstić information content (AvgIpc) is 2.62. The topological polar surface area (TPSA) is 60.4 Å². The molecule has 2 aromatic rings. The molecule has 130 valence electrons. The van der Waals surface area contributed by atoms with Gasteiger partial charge >= 0.3 is 5.97 Å². The van der Waals surface area contributed by atoms with Gasteiger partial charge in [-0.2, -0.15) is 0 Å². The number of aryl methyl sites for hydroxylation is 2. The van der Waals surface area contributed by atoms with Crippen LogP contribution in [0.25, 0.3) is 0 Å². The van der Waals surface area contributed by atoms with Crippen LogP contribution in [0.5, 0.6) is 0 Å². The van der Waals surface area contributed by atoms with E-state index in [0.29, 0.717) is 11.1 Å². The van der Waals surface area contributed by atoms with E-state index in [9.17, 15) is 14.4 Å². The van der Waals surface area contributed by atoms with Crippen LogP contribution in [0.15, 0.2) is 48.5 Å². The maximum absolute atomic E-state index is 12.2. The Balaban J connectivity index is 1.86. The number of esters is 1. The van der Waals surface area contributed by atoms with Gasteiger partial charge in [0.1, 0.15) is 0 Å². The molecule has 0 bridgehead atoms. The lowest BCUT2D eigenvalue weighted by atomic mass is 10.0. The molecule has 0 spiro atoms. The number of benzene rings is 2. The molecule has 0 saturated heterocycles. The molecule has 1 atom stereocenters. The van der Waals surface area contributed by atoms with Crippen LogP contribution in [-0.2, 0) is 9.53 Å². The predicted molar refractivity (Wildman–Crippen MR) is 95.8 cm³/mol. The quantitative estimate of drug-likeness (QED) is 0.564. The molecule has 0 amide bonds. The maximum atomic E-state index is 12.2. The molecule has 0 N–H and O–H groups in total. The highest BCUT2D eigenvalue weighted by molar-refractivity contribution is 6.00. The van der Waals surface area contributed by atoms with Crippen LogP contribution in [0.1, 0.15) is 51.6 Å². The van der Waals surface area contributed by atoms with E-state index in [-0.39, 0.29) is 24.4 Å². The van der Waals surface area contributed by atoms with E-state index in [1.165, 1.54) is 0 Å². The molecule has 2 aromatic carbocycles. The zero-order valence-corrected chi connectivity index (χ0v) is 14.7. The Morgan fingerprint density at radius 1 is 0.880 bits per heavy atom. The van der Waals surface area contributed by atoms with Gasteiger partial charge < -0.3 is 4.74 Å². The molecule has 0 fully saturated rings. The lowest BCUT2D eigenvalue weighted by Gasteiger charge is -2.12. The summed E-state index contributed by atoms with van der Waals surface area (Å²) >= 11 is 0. The fraction of sp³-hybridized carbons (Fsp3) is 0.286. The summed E-state index contributed by atoms with van der Waals surface area (Å²) < 4.78 is 5.15. The van der Waals surface area contributed by atoms with Gasteiger partial charge in [-0.1, -0.05) is 42.5 Å². The first-order valence-electron chi connectivity index (χ1n) is 8.27. The van der Waals surface area contributed by atoms with Crippen molar-refractivity contribution in [2.45, 2.75) is 39.7 Å². The van der Waals surface area contributed by atoms with Crippen LogP contribution in [0, 0.1) is 13.8 Å². The molecular formula is C21H22O4. The predicted octanol–water partition coefficient (Wildman–Crippen LogP) is 4.08. The number of ketones is 2. The summed E-state index contributed by atoms with van der Waals surface area (Å²) in [5, 5.41) is 0. The summed E-state index contributed by atoms with van der Waals surface area (Å²) in [6.07, 6.45) is -0.849. The van der Waals surface area contributed by atoms with Gasteiger partial charge in [0.2, 0.25) is 5.78 Å². The summed E-state index contributed by atoms with van der Waals surface area (Å²) in [6.45, 7) is 5.46. The van der Waals surface area contributed by atoms with Crippen LogP contribution in [0.4, 0.5) is 0 Å². The maximum Gasteiger partial charge on any atom is 0.306 e. The van der Waals surface area contributed by atoms with E-state index in [0.717, 1.165) is 11.1 Å². The number of hydrogen-bond donors (Lipinski definition) is 0. The van der Waals surface area contributed by atoms with Crippen LogP contribution in [0.2, 0.25) is 0 Å². The molecule has 25 heavy (non-hydrogen) atoms. The Morgan fingerprint density at radius 3 is 2.20 bits per heavy atom. The molecule has 0 aliphatic carbocycles. The fourth-order valence-corrected chi connectivity index (χ4v) is 2.42. The van der Waals surface area contributed by atoms with Crippen molar-refractivity contribution in [3.8, 4) is 0 Å². The van der Waals surface area contributed by atoms with Crippen molar-refractivity contribution in [1.82, 2.24) is 0 Å². The molecule has 2 rings (SSSR count). The molecule has 0 aliphatic heterocycles. The first-order valence-corrected chi connectivity index (χ1v) is 8.27. The van der Waals surface area contributed by atoms with E-state index in [4.69, 9.17) is 4.74 Å². The summed E-state index contributed by atoms with van der Waals surface area (Å²) in [6, 6.07) is 14.1. The molecule has 0 heterocycles. The van der Waals surface area contributed by atoms with Crippen molar-refractivity contribution in [3.63, 3.8) is 0 Å². The number of hydrogen-bond acceptors (Lipinski definition) is 4. The zero-order valence-electron chi connectivity index (χ0n) is 14.7. The monoisotopic (exact) mass is 338 g/mol. The summed E-state index contributed by atoms with van der Waals surface area (Å²) in [5.41, 5.74) is 3.23. The van der Waals surface area contributed by atoms with Crippen LogP contribution in [0.3, 0.4) is 0 Å². The summed E-state index contributed by atoms with van der Waals surface area (Å²) in [7, 11) is 0. The van der Waals surface area contributed by atoms with Gasteiger partial charge in [0.05, 0.1) is 6.42 Å². The Bertz CT molecular complexity index is 778. The average molecular weight is 338 g/mol. The van der Waals surface area contributed by atoms with Crippen LogP contribution >= 0.6 is 0 Å². The summed E-state index contributed by atoms with van der Waals surface area (Å²) in [4.78, 5) is 36.3. The Labute approximate surface area is 147 Å². The SMILES string of the molecule is Cc1ccc(C(=O)CCC(=O)OC(C)C(=O)c2ccccc2)cc1C. The second-order valence-electron chi connectivity index (χ2n) is 6.08. The van der Waals surface area contributed by atoms with Crippen molar-refractivity contribution < 1.29 is 19.1 Å². The van der Waals surface area contributed by atoms with E-state index >= 15 is 0 Å². The summed E-state index contributed by atoms with van der Waals surface area (Å²) in [5.74, 6) is -0.912. The molecule has 4 heteroatoms. The lowest BCUT2D eigenvalue weighted by molar-refractivity contribution is -0.146. The third-order valence-electron chi connectivity index (χ3n) is 4.12. The van der Waals surface area contributed by atoms with E-state index in [2.05, 4.69) is 0 Å². The highest BCUT2D eigenvalue weighted by atomic mass is 16.5. The third kappa shape index (κ3) is 5.11. The Hall–Kier alpha value is -2.75. The highest BCUT2D eigenvalue weighted by Crippen LogP contribution is 2.13. The van der Waals surface area contributed by atoms with Crippen LogP contribution in [-0.4, -0.2) is 23.6 Å². The molecule has 0 saturated carbocycles. The van der Waals surface area contributed by atoms with Crippen molar-refractivity contribution in [3.05, 3.63) is 70.8 Å². The van der Waals surface area contributed by atoms with Gasteiger partial charge in [-0.05, 0) is 38.0 Å². The normalized spacial score (nSPS) is 11.6. The second-order valence-corrected chi connectivity index (χ2v) is 6.08. The number of carbonyl (C=O) groups excluding carboxylic acids is 3. The minimum atomic E-state index is -0.869. The van der Waals surface area contributed by atoms with Gasteiger partial charge in [-0.15, -0.1) is 0 Å². The second kappa shape index (κ2) is 8.38. The smallest absolute Gasteiger partial charge is 0.306 e. The van der Waals surface area contributed by atoms with Gasteiger partial charge in [0.15, 0.2) is 11.9 Å². The van der Waals surface area contributed by atoms with E-state index in [1.807, 2.05) is 32.0 Å². The molecule has 0 aromatic heterocycles. The Morgan fingerprint density at radius 2 is 1.56 bits per heavy atom. The first-order chi connectivity index (χ1) is 11.9. The van der Waals surface area contributed by atoms with E-state index in [1.54, 1.807) is 37.3 Å². The van der Waals surface area contributed by atoms with Crippen molar-refractivity contribution in [2.75, 3.05) is 0 Å².